The molecule has 0 saturated carbocycles. The summed E-state index contributed by atoms with van der Waals surface area (Å²) < 4.78 is 0. The molecular weight excluding hydrogens is 184 g/mol. The fourth-order valence-corrected chi connectivity index (χ4v) is 0.951. The predicted molar refractivity (Wildman–Crippen MR) is 57.1 cm³/mol. The first kappa shape index (κ1) is 9.47. The maximum absolute atomic E-state index is 5.12. The monoisotopic (exact) mass is 194 g/mol. The predicted octanol–water partition coefficient (Wildman–Crippen LogP) is 0.140. The molecule has 5 heteroatoms. The maximum atomic E-state index is 5.12. The van der Waals surface area contributed by atoms with E-state index in [1.54, 1.807) is 0 Å². The van der Waals surface area contributed by atoms with Crippen molar-refractivity contribution in [2.24, 2.45) is 16.6 Å². The van der Waals surface area contributed by atoms with Gasteiger partial charge < -0.3 is 11.5 Å². The van der Waals surface area contributed by atoms with Crippen molar-refractivity contribution in [2.45, 2.75) is 0 Å². The summed E-state index contributed by atoms with van der Waals surface area (Å²) in [5.41, 5.74) is 13.7. The number of hydrogen-bond acceptors (Lipinski definition) is 2. The lowest BCUT2D eigenvalue weighted by Crippen LogP contribution is -2.28. The largest absolute Gasteiger partial charge is 0.369 e. The summed E-state index contributed by atoms with van der Waals surface area (Å²) >= 11 is 5.01. The zero-order chi connectivity index (χ0) is 9.68. The van der Waals surface area contributed by atoms with Gasteiger partial charge >= 0.3 is 0 Å². The maximum Gasteiger partial charge on any atom is 0.208 e. The molecule has 0 spiro atoms. The van der Waals surface area contributed by atoms with Crippen molar-refractivity contribution in [3.8, 4) is 0 Å². The number of benzene rings is 1. The van der Waals surface area contributed by atoms with E-state index in [1.807, 2.05) is 30.3 Å². The van der Waals surface area contributed by atoms with E-state index < -0.39 is 0 Å². The van der Waals surface area contributed by atoms with E-state index in [2.05, 4.69) is 10.5 Å². The van der Waals surface area contributed by atoms with Crippen LogP contribution in [-0.4, -0.2) is 10.9 Å². The van der Waals surface area contributed by atoms with Crippen LogP contribution in [-0.2, 0) is 0 Å². The van der Waals surface area contributed by atoms with Gasteiger partial charge in [0.1, 0.15) is 4.99 Å². The molecule has 1 rings (SSSR count). The Morgan fingerprint density at radius 2 is 1.85 bits per heavy atom. The van der Waals surface area contributed by atoms with Gasteiger partial charge in [-0.25, -0.2) is 0 Å². The Kier molecular flexibility index (Phi) is 3.22. The summed E-state index contributed by atoms with van der Waals surface area (Å²) in [6, 6.07) is 9.43. The summed E-state index contributed by atoms with van der Waals surface area (Å²) in [6.45, 7) is 0. The molecule has 1 aromatic carbocycles. The van der Waals surface area contributed by atoms with Crippen molar-refractivity contribution in [3.05, 3.63) is 35.9 Å². The number of guanidine groups is 1. The quantitative estimate of drug-likeness (QED) is 0.271. The molecule has 0 fully saturated rings. The Hall–Kier alpha value is -1.62. The lowest BCUT2D eigenvalue weighted by Gasteiger charge is -2.01. The van der Waals surface area contributed by atoms with Gasteiger partial charge in [-0.2, -0.15) is 0 Å². The number of hydrazone groups is 1. The fraction of sp³-hybridized carbons (Fsp3) is 0. The molecule has 5 N–H and O–H groups in total. The number of rotatable bonds is 2. The van der Waals surface area contributed by atoms with E-state index in [4.69, 9.17) is 23.7 Å². The topological polar surface area (TPSA) is 76.4 Å². The molecule has 1 aromatic rings. The molecule has 0 aromatic heterocycles. The highest BCUT2D eigenvalue weighted by atomic mass is 32.1. The average Bonchev–Trinajstić information content (AvgIpc) is 2.15. The van der Waals surface area contributed by atoms with Gasteiger partial charge in [-0.15, -0.1) is 5.10 Å². The smallest absolute Gasteiger partial charge is 0.208 e. The van der Waals surface area contributed by atoms with Crippen LogP contribution in [0.5, 0.6) is 0 Å². The first-order valence-electron chi connectivity index (χ1n) is 3.64. The summed E-state index contributed by atoms with van der Waals surface area (Å²) in [5, 5.41) is 3.58. The lowest BCUT2D eigenvalue weighted by molar-refractivity contribution is 1.03. The zero-order valence-corrected chi connectivity index (χ0v) is 7.71. The van der Waals surface area contributed by atoms with Crippen molar-refractivity contribution in [3.63, 3.8) is 0 Å². The minimum Gasteiger partial charge on any atom is -0.369 e. The molecular formula is C8H10N4S. The zero-order valence-electron chi connectivity index (χ0n) is 6.90. The Bertz CT molecular complexity index is 316. The highest BCUT2D eigenvalue weighted by Crippen LogP contribution is 1.98. The van der Waals surface area contributed by atoms with Crippen LogP contribution in [0, 0.1) is 0 Å². The summed E-state index contributed by atoms with van der Waals surface area (Å²) in [4.78, 5) is 0.494. The molecule has 0 aliphatic heterocycles. The molecule has 0 unspecified atom stereocenters. The van der Waals surface area contributed by atoms with E-state index in [0.717, 1.165) is 5.56 Å². The van der Waals surface area contributed by atoms with Crippen LogP contribution in [0.1, 0.15) is 5.56 Å². The first-order valence-corrected chi connectivity index (χ1v) is 4.05. The van der Waals surface area contributed by atoms with Crippen molar-refractivity contribution in [2.75, 3.05) is 0 Å². The Morgan fingerprint density at radius 1 is 1.23 bits per heavy atom. The first-order chi connectivity index (χ1) is 6.20. The number of nitrogens with zero attached hydrogens (tertiary/aromatic N) is 1. The molecule has 0 bridgehead atoms. The van der Waals surface area contributed by atoms with Crippen LogP contribution in [0.15, 0.2) is 35.4 Å². The third kappa shape index (κ3) is 3.08. The van der Waals surface area contributed by atoms with Crippen LogP contribution in [0.2, 0.25) is 0 Å². The number of thiocarbonyl (C=S) groups is 1. The summed E-state index contributed by atoms with van der Waals surface area (Å²) in [7, 11) is 0. The van der Waals surface area contributed by atoms with E-state index in [-0.39, 0.29) is 5.96 Å². The Labute approximate surface area is 81.6 Å². The lowest BCUT2D eigenvalue weighted by atomic mass is 10.2. The van der Waals surface area contributed by atoms with Gasteiger partial charge in [0.15, 0.2) is 0 Å². The molecule has 0 aliphatic carbocycles. The van der Waals surface area contributed by atoms with Crippen LogP contribution >= 0.6 is 12.2 Å². The van der Waals surface area contributed by atoms with E-state index in [9.17, 15) is 0 Å². The Balaban J connectivity index is 2.65. The van der Waals surface area contributed by atoms with Gasteiger partial charge in [0, 0.05) is 5.56 Å². The third-order valence-corrected chi connectivity index (χ3v) is 1.65. The molecule has 68 valence electrons. The highest BCUT2D eigenvalue weighted by molar-refractivity contribution is 7.80. The molecule has 0 atom stereocenters. The van der Waals surface area contributed by atoms with Gasteiger partial charge in [-0.1, -0.05) is 42.5 Å². The second-order valence-corrected chi connectivity index (χ2v) is 2.75. The number of nitrogens with two attached hydrogens (primary N) is 2. The van der Waals surface area contributed by atoms with Gasteiger partial charge in [-0.05, 0) is 0 Å². The molecule has 4 nitrogen and oxygen atoms in total. The highest BCUT2D eigenvalue weighted by Gasteiger charge is 1.96. The molecule has 0 radical (unpaired) electrons. The SMILES string of the molecule is NC(N)=NNC(=S)c1ccccc1. The van der Waals surface area contributed by atoms with E-state index >= 15 is 0 Å². The van der Waals surface area contributed by atoms with Crippen LogP contribution in [0.25, 0.3) is 0 Å². The van der Waals surface area contributed by atoms with E-state index in [0.29, 0.717) is 4.99 Å². The number of hydrogen-bond donors (Lipinski definition) is 3. The third-order valence-electron chi connectivity index (χ3n) is 1.32. The van der Waals surface area contributed by atoms with Crippen molar-refractivity contribution < 1.29 is 0 Å². The van der Waals surface area contributed by atoms with Gasteiger partial charge in [-0.3, -0.25) is 5.43 Å². The van der Waals surface area contributed by atoms with Crippen LogP contribution in [0.4, 0.5) is 0 Å². The van der Waals surface area contributed by atoms with Gasteiger partial charge in [0.05, 0.1) is 0 Å². The normalized spacial score (nSPS) is 8.92. The van der Waals surface area contributed by atoms with Crippen molar-refractivity contribution in [1.29, 1.82) is 0 Å². The van der Waals surface area contributed by atoms with Crippen LogP contribution in [0.3, 0.4) is 0 Å². The second-order valence-electron chi connectivity index (χ2n) is 2.34. The van der Waals surface area contributed by atoms with Gasteiger partial charge in [0.25, 0.3) is 0 Å². The fourth-order valence-electron chi connectivity index (χ4n) is 0.769. The standard InChI is InChI=1S/C8H10N4S/c9-8(10)12-11-7(13)6-4-2-1-3-5-6/h1-5H,(H,11,13)(H4,9,10,12). The molecule has 0 saturated heterocycles. The average molecular weight is 194 g/mol. The van der Waals surface area contributed by atoms with Crippen molar-refractivity contribution in [1.82, 2.24) is 5.43 Å². The minimum absolute atomic E-state index is 0.0433. The summed E-state index contributed by atoms with van der Waals surface area (Å²) in [6.07, 6.45) is 0. The molecule has 0 aliphatic rings. The Morgan fingerprint density at radius 3 is 2.38 bits per heavy atom. The molecule has 0 heterocycles. The van der Waals surface area contributed by atoms with Gasteiger partial charge in [0.2, 0.25) is 5.96 Å². The number of nitrogens with one attached hydrogen (secondary N) is 1. The van der Waals surface area contributed by atoms with Crippen molar-refractivity contribution >= 4 is 23.2 Å². The molecule has 0 amide bonds. The minimum atomic E-state index is -0.0433. The van der Waals surface area contributed by atoms with Crippen LogP contribution < -0.4 is 16.9 Å². The second kappa shape index (κ2) is 4.42. The summed E-state index contributed by atoms with van der Waals surface area (Å²) in [5.74, 6) is -0.0433. The molecule has 13 heavy (non-hydrogen) atoms. The van der Waals surface area contributed by atoms with E-state index in [1.165, 1.54) is 0 Å².